The van der Waals surface area contributed by atoms with Crippen LogP contribution in [0.4, 0.5) is 8.78 Å². The van der Waals surface area contributed by atoms with Crippen LogP contribution in [-0.2, 0) is 0 Å². The number of nitrogens with zero attached hydrogens (tertiary/aromatic N) is 1. The highest BCUT2D eigenvalue weighted by Crippen LogP contribution is 2.07. The lowest BCUT2D eigenvalue weighted by molar-refractivity contribution is 0.0624. The van der Waals surface area contributed by atoms with Crippen LogP contribution in [0.15, 0.2) is 23.0 Å². The highest BCUT2D eigenvalue weighted by molar-refractivity contribution is 5.71. The first kappa shape index (κ1) is 8.58. The summed E-state index contributed by atoms with van der Waals surface area (Å²) in [6.45, 7) is -2.97. The number of carbonyl (C=O) groups is 1. The number of alkyl halides is 2. The number of rotatable bonds is 2. The van der Waals surface area contributed by atoms with Gasteiger partial charge in [0, 0.05) is 6.07 Å². The van der Waals surface area contributed by atoms with Crippen molar-refractivity contribution in [2.75, 3.05) is 0 Å². The maximum absolute atomic E-state index is 12.1. The van der Waals surface area contributed by atoms with E-state index >= 15 is 0 Å². The third-order valence-corrected chi connectivity index (χ3v) is 1.34. The molecule has 0 bridgehead atoms. The number of aromatic nitrogens is 1. The predicted octanol–water partition coefficient (Wildman–Crippen LogP) is 1.06. The molecular weight excluding hydrogens is 168 g/mol. The number of pyridine rings is 1. The summed E-state index contributed by atoms with van der Waals surface area (Å²) in [6.07, 6.45) is 0.216. The van der Waals surface area contributed by atoms with Crippen LogP contribution in [-0.4, -0.2) is 10.9 Å². The number of carbonyl (C=O) groups excluding carboxylic acids is 1. The lowest BCUT2D eigenvalue weighted by Crippen LogP contribution is -2.22. The summed E-state index contributed by atoms with van der Waals surface area (Å²) in [7, 11) is 0. The van der Waals surface area contributed by atoms with E-state index in [1.54, 1.807) is 0 Å². The van der Waals surface area contributed by atoms with Crippen LogP contribution in [0.1, 0.15) is 17.0 Å². The van der Waals surface area contributed by atoms with Gasteiger partial charge in [-0.05, 0) is 6.07 Å². The van der Waals surface area contributed by atoms with Crippen molar-refractivity contribution in [3.05, 3.63) is 34.2 Å². The number of hydrogen-bond donors (Lipinski definition) is 0. The molecule has 3 nitrogen and oxygen atoms in total. The Bertz CT molecular complexity index is 346. The Morgan fingerprint density at radius 1 is 1.42 bits per heavy atom. The third-order valence-electron chi connectivity index (χ3n) is 1.34. The highest BCUT2D eigenvalue weighted by Gasteiger charge is 2.10. The van der Waals surface area contributed by atoms with Gasteiger partial charge in [-0.15, -0.1) is 0 Å². The molecule has 5 heteroatoms. The summed E-state index contributed by atoms with van der Waals surface area (Å²) in [6, 6.07) is 3.38. The van der Waals surface area contributed by atoms with E-state index in [9.17, 15) is 18.4 Å². The predicted molar refractivity (Wildman–Crippen MR) is 37.3 cm³/mol. The fraction of sp³-hybridized carbons (Fsp3) is 0.143. The Balaban J connectivity index is 3.39. The van der Waals surface area contributed by atoms with Crippen molar-refractivity contribution in [1.82, 2.24) is 4.57 Å². The van der Waals surface area contributed by atoms with Crippen molar-refractivity contribution < 1.29 is 13.6 Å². The average molecular weight is 173 g/mol. The number of hydrogen-bond acceptors (Lipinski definition) is 2. The molecule has 0 N–H and O–H groups in total. The summed E-state index contributed by atoms with van der Waals surface area (Å²) in [5.74, 6) is 0. The second-order valence-corrected chi connectivity index (χ2v) is 2.05. The molecule has 0 saturated carbocycles. The molecule has 1 heterocycles. The summed E-state index contributed by atoms with van der Waals surface area (Å²) >= 11 is 0. The Hall–Kier alpha value is -1.52. The number of aldehydes is 1. The zero-order valence-corrected chi connectivity index (χ0v) is 5.91. The molecular formula is C7H5F2NO2. The van der Waals surface area contributed by atoms with E-state index in [0.717, 1.165) is 12.1 Å². The molecule has 0 radical (unpaired) electrons. The molecule has 1 aromatic heterocycles. The van der Waals surface area contributed by atoms with Crippen molar-refractivity contribution in [3.63, 3.8) is 0 Å². The zero-order valence-electron chi connectivity index (χ0n) is 5.91. The molecule has 0 saturated heterocycles. The van der Waals surface area contributed by atoms with Crippen molar-refractivity contribution in [2.24, 2.45) is 0 Å². The van der Waals surface area contributed by atoms with Gasteiger partial charge in [0.15, 0.2) is 6.29 Å². The van der Waals surface area contributed by atoms with E-state index in [1.165, 1.54) is 6.07 Å². The maximum atomic E-state index is 12.1. The molecule has 0 aliphatic heterocycles. The quantitative estimate of drug-likeness (QED) is 0.627. The Kier molecular flexibility index (Phi) is 2.32. The van der Waals surface area contributed by atoms with Crippen molar-refractivity contribution in [1.29, 1.82) is 0 Å². The van der Waals surface area contributed by atoms with E-state index in [0.29, 0.717) is 0 Å². The normalized spacial score (nSPS) is 10.2. The Labute approximate surface area is 66.2 Å². The van der Waals surface area contributed by atoms with Gasteiger partial charge in [0.25, 0.3) is 5.56 Å². The molecule has 0 aliphatic carbocycles. The SMILES string of the molecule is O=Cc1cccc(=O)n1C(F)F. The first-order valence-corrected chi connectivity index (χ1v) is 3.11. The van der Waals surface area contributed by atoms with E-state index in [2.05, 4.69) is 0 Å². The third kappa shape index (κ3) is 1.39. The average Bonchev–Trinajstić information content (AvgIpc) is 2.03. The van der Waals surface area contributed by atoms with Crippen LogP contribution in [0.25, 0.3) is 0 Å². The van der Waals surface area contributed by atoms with E-state index in [1.807, 2.05) is 0 Å². The van der Waals surface area contributed by atoms with Crippen LogP contribution < -0.4 is 5.56 Å². The molecule has 1 aromatic rings. The molecule has 0 atom stereocenters. The van der Waals surface area contributed by atoms with Gasteiger partial charge >= 0.3 is 6.55 Å². The summed E-state index contributed by atoms with van der Waals surface area (Å²) < 4.78 is 24.3. The van der Waals surface area contributed by atoms with Gasteiger partial charge in [0.05, 0.1) is 5.69 Å². The van der Waals surface area contributed by atoms with E-state index in [4.69, 9.17) is 0 Å². The standard InChI is InChI=1S/C7H5F2NO2/c8-7(9)10-5(4-11)2-1-3-6(10)12/h1-4,7H. The minimum atomic E-state index is -2.97. The Morgan fingerprint density at radius 3 is 2.50 bits per heavy atom. The van der Waals surface area contributed by atoms with Gasteiger partial charge < -0.3 is 0 Å². The van der Waals surface area contributed by atoms with Crippen LogP contribution >= 0.6 is 0 Å². The summed E-state index contributed by atoms with van der Waals surface area (Å²) in [5.41, 5.74) is -1.20. The Morgan fingerprint density at radius 2 is 2.08 bits per heavy atom. The molecule has 64 valence electrons. The number of halogens is 2. The van der Waals surface area contributed by atoms with E-state index < -0.39 is 12.1 Å². The van der Waals surface area contributed by atoms with Crippen LogP contribution in [0, 0.1) is 0 Å². The lowest BCUT2D eigenvalue weighted by atomic mass is 10.3. The molecule has 0 aromatic carbocycles. The van der Waals surface area contributed by atoms with Gasteiger partial charge in [-0.25, -0.2) is 4.57 Å². The van der Waals surface area contributed by atoms with Crippen LogP contribution in [0.3, 0.4) is 0 Å². The summed E-state index contributed by atoms with van der Waals surface area (Å²) in [4.78, 5) is 21.0. The topological polar surface area (TPSA) is 39.1 Å². The van der Waals surface area contributed by atoms with Crippen molar-refractivity contribution >= 4 is 6.29 Å². The smallest absolute Gasteiger partial charge is 0.296 e. The van der Waals surface area contributed by atoms with Gasteiger partial charge in [0.1, 0.15) is 0 Å². The van der Waals surface area contributed by atoms with Gasteiger partial charge in [0.2, 0.25) is 0 Å². The van der Waals surface area contributed by atoms with Gasteiger partial charge in [-0.2, -0.15) is 8.78 Å². The fourth-order valence-electron chi connectivity index (χ4n) is 0.822. The van der Waals surface area contributed by atoms with Gasteiger partial charge in [-0.1, -0.05) is 6.07 Å². The molecule has 0 aliphatic rings. The minimum Gasteiger partial charge on any atom is -0.296 e. The molecule has 12 heavy (non-hydrogen) atoms. The molecule has 0 unspecified atom stereocenters. The van der Waals surface area contributed by atoms with Gasteiger partial charge in [-0.3, -0.25) is 9.59 Å². The summed E-state index contributed by atoms with van der Waals surface area (Å²) in [5, 5.41) is 0. The van der Waals surface area contributed by atoms with Crippen molar-refractivity contribution in [3.8, 4) is 0 Å². The monoisotopic (exact) mass is 173 g/mol. The lowest BCUT2D eigenvalue weighted by Gasteiger charge is -2.05. The van der Waals surface area contributed by atoms with Crippen LogP contribution in [0.2, 0.25) is 0 Å². The molecule has 0 amide bonds. The first-order chi connectivity index (χ1) is 5.66. The highest BCUT2D eigenvalue weighted by atomic mass is 19.3. The minimum absolute atomic E-state index is 0.132. The molecule has 0 fully saturated rings. The second-order valence-electron chi connectivity index (χ2n) is 2.05. The second kappa shape index (κ2) is 3.25. The van der Waals surface area contributed by atoms with E-state index in [-0.39, 0.29) is 16.5 Å². The first-order valence-electron chi connectivity index (χ1n) is 3.11. The largest absolute Gasteiger partial charge is 0.321 e. The van der Waals surface area contributed by atoms with Crippen molar-refractivity contribution in [2.45, 2.75) is 6.55 Å². The fourth-order valence-corrected chi connectivity index (χ4v) is 0.822. The zero-order chi connectivity index (χ0) is 9.14. The van der Waals surface area contributed by atoms with Crippen LogP contribution in [0.5, 0.6) is 0 Å². The molecule has 0 spiro atoms. The maximum Gasteiger partial charge on any atom is 0.321 e. The molecule has 1 rings (SSSR count).